The molecule has 3 aromatic rings. The summed E-state index contributed by atoms with van der Waals surface area (Å²) in [5, 5.41) is 7.74. The second kappa shape index (κ2) is 9.32. The summed E-state index contributed by atoms with van der Waals surface area (Å²) in [7, 11) is 0. The molecule has 8 nitrogen and oxygen atoms in total. The molecule has 0 unspecified atom stereocenters. The summed E-state index contributed by atoms with van der Waals surface area (Å²) in [6, 6.07) is 9.95. The van der Waals surface area contributed by atoms with Gasteiger partial charge in [0, 0.05) is 24.4 Å². The number of alkyl halides is 1. The van der Waals surface area contributed by atoms with Crippen molar-refractivity contribution in [1.82, 2.24) is 19.7 Å². The first-order valence-electron chi connectivity index (χ1n) is 11.3. The number of carbonyl (C=O) groups is 3. The Kier molecular flexibility index (Phi) is 6.45. The molecule has 0 saturated carbocycles. The van der Waals surface area contributed by atoms with Crippen LogP contribution in [-0.2, 0) is 16.1 Å². The summed E-state index contributed by atoms with van der Waals surface area (Å²) in [6.45, 7) is 6.97. The predicted octanol–water partition coefficient (Wildman–Crippen LogP) is 3.64. The Bertz CT molecular complexity index is 1270. The summed E-state index contributed by atoms with van der Waals surface area (Å²) >= 11 is 0. The Morgan fingerprint density at radius 3 is 2.65 bits per heavy atom. The molecular formula is C25H28FN5O3. The van der Waals surface area contributed by atoms with Gasteiger partial charge in [-0.05, 0) is 42.7 Å². The summed E-state index contributed by atoms with van der Waals surface area (Å²) in [6.07, 6.45) is -1.39. The normalized spacial score (nSPS) is 18.0. The first-order valence-corrected chi connectivity index (χ1v) is 11.3. The van der Waals surface area contributed by atoms with Crippen molar-refractivity contribution in [2.24, 2.45) is 0 Å². The monoisotopic (exact) mass is 465 g/mol. The number of nitrogens with zero attached hydrogens (tertiary/aromatic N) is 4. The van der Waals surface area contributed by atoms with Crippen molar-refractivity contribution < 1.29 is 18.8 Å². The number of fused-ring (bicyclic) bond motifs is 1. The summed E-state index contributed by atoms with van der Waals surface area (Å²) in [5.41, 5.74) is 2.72. The summed E-state index contributed by atoms with van der Waals surface area (Å²) in [4.78, 5) is 43.8. The maximum absolute atomic E-state index is 14.3. The number of halogens is 1. The molecule has 9 heteroatoms. The Hall–Kier alpha value is -3.62. The van der Waals surface area contributed by atoms with Crippen molar-refractivity contribution in [1.29, 1.82) is 0 Å². The molecule has 0 aliphatic carbocycles. The number of hydrogen-bond donors (Lipinski definition) is 1. The first kappa shape index (κ1) is 23.5. The van der Waals surface area contributed by atoms with Gasteiger partial charge in [0.25, 0.3) is 0 Å². The molecule has 0 spiro atoms. The van der Waals surface area contributed by atoms with Crippen molar-refractivity contribution in [3.8, 4) is 0 Å². The van der Waals surface area contributed by atoms with Crippen LogP contribution in [0.25, 0.3) is 10.9 Å². The zero-order chi connectivity index (χ0) is 24.6. The van der Waals surface area contributed by atoms with Crippen LogP contribution in [0.5, 0.6) is 0 Å². The number of rotatable bonds is 6. The SMILES string of the molecule is CC(=O)c1nn(CC(=O)N2C[C@H](F)C[C@H]2C(=O)Nc2cccc(C)n2)c2ccc(C(C)C)cc12. The Balaban J connectivity index is 1.58. The molecule has 0 radical (unpaired) electrons. The Morgan fingerprint density at radius 2 is 1.97 bits per heavy atom. The number of aryl methyl sites for hydroxylation is 1. The molecule has 178 valence electrons. The third-order valence-electron chi connectivity index (χ3n) is 6.07. The van der Waals surface area contributed by atoms with Crippen LogP contribution in [0.2, 0.25) is 0 Å². The third-order valence-corrected chi connectivity index (χ3v) is 6.07. The van der Waals surface area contributed by atoms with E-state index < -0.39 is 24.0 Å². The summed E-state index contributed by atoms with van der Waals surface area (Å²) < 4.78 is 15.8. The highest BCUT2D eigenvalue weighted by molar-refractivity contribution is 6.05. The number of nitrogens with one attached hydrogen (secondary N) is 1. The van der Waals surface area contributed by atoms with Gasteiger partial charge in [0.1, 0.15) is 30.3 Å². The van der Waals surface area contributed by atoms with Gasteiger partial charge in [0.05, 0.1) is 12.1 Å². The molecule has 1 aromatic carbocycles. The van der Waals surface area contributed by atoms with E-state index in [2.05, 4.69) is 29.2 Å². The van der Waals surface area contributed by atoms with E-state index in [9.17, 15) is 18.8 Å². The number of aromatic nitrogens is 3. The lowest BCUT2D eigenvalue weighted by molar-refractivity contribution is -0.137. The van der Waals surface area contributed by atoms with E-state index in [0.29, 0.717) is 16.7 Å². The van der Waals surface area contributed by atoms with Crippen LogP contribution in [0.1, 0.15) is 54.9 Å². The van der Waals surface area contributed by atoms with Crippen molar-refractivity contribution in [3.63, 3.8) is 0 Å². The van der Waals surface area contributed by atoms with Crippen LogP contribution in [-0.4, -0.2) is 56.0 Å². The van der Waals surface area contributed by atoms with Gasteiger partial charge in [-0.1, -0.05) is 26.0 Å². The molecule has 1 aliphatic heterocycles. The molecule has 3 heterocycles. The van der Waals surface area contributed by atoms with E-state index >= 15 is 0 Å². The average Bonchev–Trinajstić information content (AvgIpc) is 3.34. The third kappa shape index (κ3) is 4.69. The molecule has 34 heavy (non-hydrogen) atoms. The fourth-order valence-electron chi connectivity index (χ4n) is 4.29. The minimum Gasteiger partial charge on any atom is -0.326 e. The van der Waals surface area contributed by atoms with E-state index in [1.54, 1.807) is 25.1 Å². The van der Waals surface area contributed by atoms with Crippen LogP contribution in [0, 0.1) is 6.92 Å². The largest absolute Gasteiger partial charge is 0.326 e. The molecule has 2 atom stereocenters. The molecule has 1 saturated heterocycles. The number of carbonyl (C=O) groups excluding carboxylic acids is 3. The van der Waals surface area contributed by atoms with E-state index in [1.807, 2.05) is 18.2 Å². The zero-order valence-electron chi connectivity index (χ0n) is 19.7. The molecule has 1 fully saturated rings. The Morgan fingerprint density at radius 1 is 1.21 bits per heavy atom. The average molecular weight is 466 g/mol. The molecule has 1 aliphatic rings. The van der Waals surface area contributed by atoms with E-state index in [1.165, 1.54) is 16.5 Å². The van der Waals surface area contributed by atoms with Gasteiger partial charge in [-0.3, -0.25) is 19.1 Å². The smallest absolute Gasteiger partial charge is 0.248 e. The van der Waals surface area contributed by atoms with Crippen LogP contribution in [0.15, 0.2) is 36.4 Å². The van der Waals surface area contributed by atoms with E-state index in [0.717, 1.165) is 11.3 Å². The summed E-state index contributed by atoms with van der Waals surface area (Å²) in [5.74, 6) is -0.509. The number of amides is 2. The minimum atomic E-state index is -1.30. The second-order valence-electron chi connectivity index (χ2n) is 9.04. The molecule has 2 aromatic heterocycles. The highest BCUT2D eigenvalue weighted by Crippen LogP contribution is 2.26. The molecule has 0 bridgehead atoms. The van der Waals surface area contributed by atoms with Gasteiger partial charge >= 0.3 is 0 Å². The minimum absolute atomic E-state index is 0.0836. The number of benzene rings is 1. The van der Waals surface area contributed by atoms with Crippen LogP contribution in [0.4, 0.5) is 10.2 Å². The van der Waals surface area contributed by atoms with Gasteiger partial charge < -0.3 is 10.2 Å². The van der Waals surface area contributed by atoms with Crippen molar-refractivity contribution >= 4 is 34.3 Å². The predicted molar refractivity (Wildman–Crippen MR) is 126 cm³/mol. The van der Waals surface area contributed by atoms with Gasteiger partial charge in [-0.2, -0.15) is 5.10 Å². The number of anilines is 1. The Labute approximate surface area is 197 Å². The topological polar surface area (TPSA) is 97.2 Å². The van der Waals surface area contributed by atoms with Crippen molar-refractivity contribution in [3.05, 3.63) is 53.3 Å². The van der Waals surface area contributed by atoms with E-state index in [4.69, 9.17) is 0 Å². The first-order chi connectivity index (χ1) is 16.1. The molecule has 1 N–H and O–H groups in total. The zero-order valence-corrected chi connectivity index (χ0v) is 19.7. The number of hydrogen-bond acceptors (Lipinski definition) is 5. The van der Waals surface area contributed by atoms with E-state index in [-0.39, 0.29) is 36.9 Å². The fraction of sp³-hybridized carbons (Fsp3) is 0.400. The number of Topliss-reactive ketones (excluding diaryl/α,β-unsaturated/α-hetero) is 1. The molecule has 4 rings (SSSR count). The van der Waals surface area contributed by atoms with Crippen LogP contribution in [0.3, 0.4) is 0 Å². The van der Waals surface area contributed by atoms with Crippen molar-refractivity contribution in [2.45, 2.75) is 58.8 Å². The van der Waals surface area contributed by atoms with Crippen molar-refractivity contribution in [2.75, 3.05) is 11.9 Å². The second-order valence-corrected chi connectivity index (χ2v) is 9.04. The molecular weight excluding hydrogens is 437 g/mol. The van der Waals surface area contributed by atoms with Gasteiger partial charge in [0.2, 0.25) is 11.8 Å². The molecule has 2 amide bonds. The number of pyridine rings is 1. The number of likely N-dealkylation sites (tertiary alicyclic amines) is 1. The maximum atomic E-state index is 14.3. The lowest BCUT2D eigenvalue weighted by atomic mass is 10.0. The van der Waals surface area contributed by atoms with Crippen LogP contribution < -0.4 is 5.32 Å². The fourth-order valence-corrected chi connectivity index (χ4v) is 4.29. The number of ketones is 1. The highest BCUT2D eigenvalue weighted by atomic mass is 19.1. The maximum Gasteiger partial charge on any atom is 0.248 e. The lowest BCUT2D eigenvalue weighted by Gasteiger charge is -2.23. The standard InChI is InChI=1S/C25H28FN5O3/c1-14(2)17-8-9-20-19(10-17)24(16(4)32)29-31(20)13-23(33)30-12-18(26)11-21(30)25(34)28-22-7-5-6-15(3)27-22/h5-10,14,18,21H,11-13H2,1-4H3,(H,27,28,34)/t18-,21+/m1/s1. The van der Waals surface area contributed by atoms with Gasteiger partial charge in [-0.15, -0.1) is 0 Å². The highest BCUT2D eigenvalue weighted by Gasteiger charge is 2.40. The van der Waals surface area contributed by atoms with Gasteiger partial charge in [0.15, 0.2) is 5.78 Å². The van der Waals surface area contributed by atoms with Crippen LogP contribution >= 0.6 is 0 Å². The van der Waals surface area contributed by atoms with Gasteiger partial charge in [-0.25, -0.2) is 9.37 Å². The lowest BCUT2D eigenvalue weighted by Crippen LogP contribution is -2.44. The quantitative estimate of drug-likeness (QED) is 0.561.